The van der Waals surface area contributed by atoms with Crippen LogP contribution in [0.4, 0.5) is 0 Å². The first kappa shape index (κ1) is 12.9. The summed E-state index contributed by atoms with van der Waals surface area (Å²) in [5.74, 6) is -0.474. The van der Waals surface area contributed by atoms with Gasteiger partial charge in [-0.05, 0) is 6.92 Å². The molecule has 0 aromatic carbocycles. The Bertz CT molecular complexity index is 258. The van der Waals surface area contributed by atoms with Crippen LogP contribution in [0, 0.1) is 5.92 Å². The van der Waals surface area contributed by atoms with Gasteiger partial charge in [-0.1, -0.05) is 0 Å². The Morgan fingerprint density at radius 3 is 2.69 bits per heavy atom. The van der Waals surface area contributed by atoms with Crippen molar-refractivity contribution in [1.82, 2.24) is 10.6 Å². The van der Waals surface area contributed by atoms with Crippen molar-refractivity contribution in [2.24, 2.45) is 11.7 Å². The number of nitrogens with two attached hydrogens (primary N) is 1. The third-order valence-corrected chi connectivity index (χ3v) is 2.49. The molecule has 0 aromatic heterocycles. The fourth-order valence-electron chi connectivity index (χ4n) is 1.56. The standard InChI is InChI=1S/C10H19N3O3/c1-2-12-9(14)3-4-13-10(15)7-5-16-6-8(7)11/h7-8H,2-6,11H2,1H3,(H,12,14)(H,13,15). The second-order valence-corrected chi connectivity index (χ2v) is 3.80. The van der Waals surface area contributed by atoms with Crippen LogP contribution < -0.4 is 16.4 Å². The van der Waals surface area contributed by atoms with E-state index in [0.29, 0.717) is 32.7 Å². The van der Waals surface area contributed by atoms with Gasteiger partial charge in [0.25, 0.3) is 0 Å². The Morgan fingerprint density at radius 2 is 2.12 bits per heavy atom. The smallest absolute Gasteiger partial charge is 0.227 e. The number of amides is 2. The van der Waals surface area contributed by atoms with Crippen LogP contribution in [0.2, 0.25) is 0 Å². The Balaban J connectivity index is 2.17. The van der Waals surface area contributed by atoms with Crippen LogP contribution in [0.3, 0.4) is 0 Å². The average Bonchev–Trinajstić information content (AvgIpc) is 2.64. The summed E-state index contributed by atoms with van der Waals surface area (Å²) in [6, 6.07) is -0.232. The molecular formula is C10H19N3O3. The highest BCUT2D eigenvalue weighted by Crippen LogP contribution is 2.11. The molecule has 2 atom stereocenters. The predicted octanol–water partition coefficient (Wildman–Crippen LogP) is -1.40. The zero-order valence-corrected chi connectivity index (χ0v) is 9.49. The SMILES string of the molecule is CCNC(=O)CCNC(=O)C1COCC1N. The lowest BCUT2D eigenvalue weighted by Gasteiger charge is -2.12. The van der Waals surface area contributed by atoms with Crippen molar-refractivity contribution in [3.63, 3.8) is 0 Å². The second-order valence-electron chi connectivity index (χ2n) is 3.80. The maximum atomic E-state index is 11.6. The molecule has 6 nitrogen and oxygen atoms in total. The van der Waals surface area contributed by atoms with Gasteiger partial charge in [-0.2, -0.15) is 0 Å². The number of ether oxygens (including phenoxy) is 1. The van der Waals surface area contributed by atoms with Crippen molar-refractivity contribution in [1.29, 1.82) is 0 Å². The van der Waals surface area contributed by atoms with Gasteiger partial charge < -0.3 is 21.1 Å². The molecule has 2 unspecified atom stereocenters. The molecule has 6 heteroatoms. The normalized spacial score (nSPS) is 24.1. The van der Waals surface area contributed by atoms with Crippen LogP contribution in [0.1, 0.15) is 13.3 Å². The van der Waals surface area contributed by atoms with Gasteiger partial charge in [0.05, 0.1) is 19.1 Å². The van der Waals surface area contributed by atoms with E-state index in [-0.39, 0.29) is 23.8 Å². The van der Waals surface area contributed by atoms with Crippen molar-refractivity contribution in [2.75, 3.05) is 26.3 Å². The molecule has 1 aliphatic heterocycles. The minimum atomic E-state index is -0.283. The number of carbonyl (C=O) groups is 2. The highest BCUT2D eigenvalue weighted by molar-refractivity contribution is 5.81. The van der Waals surface area contributed by atoms with Gasteiger partial charge in [-0.25, -0.2) is 0 Å². The summed E-state index contributed by atoms with van der Waals surface area (Å²) in [7, 11) is 0. The second kappa shape index (κ2) is 6.44. The summed E-state index contributed by atoms with van der Waals surface area (Å²) in [6.45, 7) is 3.59. The minimum Gasteiger partial charge on any atom is -0.379 e. The summed E-state index contributed by atoms with van der Waals surface area (Å²) in [5.41, 5.74) is 5.69. The van der Waals surface area contributed by atoms with Crippen molar-refractivity contribution < 1.29 is 14.3 Å². The third-order valence-electron chi connectivity index (χ3n) is 2.49. The first-order valence-corrected chi connectivity index (χ1v) is 5.53. The van der Waals surface area contributed by atoms with Crippen LogP contribution in [0.15, 0.2) is 0 Å². The fraction of sp³-hybridized carbons (Fsp3) is 0.800. The largest absolute Gasteiger partial charge is 0.379 e. The first-order chi connectivity index (χ1) is 7.65. The van der Waals surface area contributed by atoms with Gasteiger partial charge in [-0.15, -0.1) is 0 Å². The van der Waals surface area contributed by atoms with E-state index in [1.807, 2.05) is 6.92 Å². The van der Waals surface area contributed by atoms with Crippen LogP contribution >= 0.6 is 0 Å². The van der Waals surface area contributed by atoms with E-state index in [1.54, 1.807) is 0 Å². The van der Waals surface area contributed by atoms with Gasteiger partial charge in [0.2, 0.25) is 11.8 Å². The molecule has 0 aliphatic carbocycles. The molecular weight excluding hydrogens is 210 g/mol. The quantitative estimate of drug-likeness (QED) is 0.540. The Morgan fingerprint density at radius 1 is 1.38 bits per heavy atom. The molecule has 1 saturated heterocycles. The number of nitrogens with one attached hydrogen (secondary N) is 2. The average molecular weight is 229 g/mol. The lowest BCUT2D eigenvalue weighted by atomic mass is 10.0. The molecule has 2 amide bonds. The Labute approximate surface area is 94.9 Å². The summed E-state index contributed by atoms with van der Waals surface area (Å²) in [4.78, 5) is 22.7. The first-order valence-electron chi connectivity index (χ1n) is 5.53. The van der Waals surface area contributed by atoms with Gasteiger partial charge in [0.1, 0.15) is 0 Å². The zero-order valence-electron chi connectivity index (χ0n) is 9.49. The molecule has 1 aliphatic rings. The molecule has 0 spiro atoms. The lowest BCUT2D eigenvalue weighted by molar-refractivity contribution is -0.125. The maximum Gasteiger partial charge on any atom is 0.227 e. The van der Waals surface area contributed by atoms with E-state index >= 15 is 0 Å². The van der Waals surface area contributed by atoms with E-state index in [4.69, 9.17) is 10.5 Å². The number of hydrogen-bond acceptors (Lipinski definition) is 4. The fourth-order valence-corrected chi connectivity index (χ4v) is 1.56. The van der Waals surface area contributed by atoms with Gasteiger partial charge in [-0.3, -0.25) is 9.59 Å². The Kier molecular flexibility index (Phi) is 5.21. The van der Waals surface area contributed by atoms with Crippen LogP contribution in [-0.4, -0.2) is 44.2 Å². The molecule has 0 aromatic rings. The third kappa shape index (κ3) is 3.79. The van der Waals surface area contributed by atoms with Crippen LogP contribution in [-0.2, 0) is 14.3 Å². The summed E-state index contributed by atoms with van der Waals surface area (Å²) in [5, 5.41) is 5.34. The summed E-state index contributed by atoms with van der Waals surface area (Å²) < 4.78 is 5.09. The number of rotatable bonds is 5. The van der Waals surface area contributed by atoms with Crippen molar-refractivity contribution in [3.8, 4) is 0 Å². The van der Waals surface area contributed by atoms with E-state index in [9.17, 15) is 9.59 Å². The number of hydrogen-bond donors (Lipinski definition) is 3. The molecule has 0 saturated carbocycles. The van der Waals surface area contributed by atoms with Gasteiger partial charge >= 0.3 is 0 Å². The molecule has 1 rings (SSSR count). The molecule has 0 bridgehead atoms. The van der Waals surface area contributed by atoms with Gasteiger partial charge in [0.15, 0.2) is 0 Å². The predicted molar refractivity (Wildman–Crippen MR) is 58.6 cm³/mol. The van der Waals surface area contributed by atoms with Crippen LogP contribution in [0.25, 0.3) is 0 Å². The van der Waals surface area contributed by atoms with E-state index in [2.05, 4.69) is 10.6 Å². The van der Waals surface area contributed by atoms with Crippen molar-refractivity contribution in [3.05, 3.63) is 0 Å². The van der Waals surface area contributed by atoms with Crippen molar-refractivity contribution >= 4 is 11.8 Å². The summed E-state index contributed by atoms with van der Waals surface area (Å²) in [6.07, 6.45) is 0.294. The lowest BCUT2D eigenvalue weighted by Crippen LogP contribution is -2.42. The Hall–Kier alpha value is -1.14. The molecule has 92 valence electrons. The van der Waals surface area contributed by atoms with Crippen molar-refractivity contribution in [2.45, 2.75) is 19.4 Å². The van der Waals surface area contributed by atoms with Crippen LogP contribution in [0.5, 0.6) is 0 Å². The number of carbonyl (C=O) groups excluding carboxylic acids is 2. The van der Waals surface area contributed by atoms with Gasteiger partial charge in [0, 0.05) is 25.6 Å². The molecule has 1 fully saturated rings. The molecule has 0 radical (unpaired) electrons. The molecule has 16 heavy (non-hydrogen) atoms. The topological polar surface area (TPSA) is 93.5 Å². The van der Waals surface area contributed by atoms with E-state index in [1.165, 1.54) is 0 Å². The van der Waals surface area contributed by atoms with E-state index < -0.39 is 0 Å². The highest BCUT2D eigenvalue weighted by atomic mass is 16.5. The van der Waals surface area contributed by atoms with E-state index in [0.717, 1.165) is 0 Å². The zero-order chi connectivity index (χ0) is 12.0. The highest BCUT2D eigenvalue weighted by Gasteiger charge is 2.30. The summed E-state index contributed by atoms with van der Waals surface area (Å²) >= 11 is 0. The molecule has 1 heterocycles. The molecule has 4 N–H and O–H groups in total. The monoisotopic (exact) mass is 229 g/mol. The maximum absolute atomic E-state index is 11.6. The minimum absolute atomic E-state index is 0.0604.